The van der Waals surface area contributed by atoms with Crippen LogP contribution >= 0.6 is 11.6 Å². The molecule has 0 atom stereocenters. The van der Waals surface area contributed by atoms with Crippen LogP contribution in [0.2, 0.25) is 5.02 Å². The molecule has 4 rings (SSSR count). The SMILES string of the molecule is Nc1ccc(S(=O)(=O)c2cc(-c3ccccc3Cl)nc(N3CCCC3)c2)cc1. The molecule has 144 valence electrons. The molecule has 0 unspecified atom stereocenters. The lowest BCUT2D eigenvalue weighted by molar-refractivity contribution is 0.596. The Bertz CT molecular complexity index is 1110. The highest BCUT2D eigenvalue weighted by molar-refractivity contribution is 7.91. The minimum absolute atomic E-state index is 0.198. The number of aromatic nitrogens is 1. The van der Waals surface area contributed by atoms with Gasteiger partial charge in [0, 0.05) is 29.4 Å². The molecule has 1 aliphatic heterocycles. The lowest BCUT2D eigenvalue weighted by Crippen LogP contribution is -2.20. The van der Waals surface area contributed by atoms with Crippen molar-refractivity contribution in [2.75, 3.05) is 23.7 Å². The molecular formula is C21H20ClN3O2S. The third-order valence-electron chi connectivity index (χ3n) is 4.87. The number of benzene rings is 2. The fraction of sp³-hybridized carbons (Fsp3) is 0.190. The maximum atomic E-state index is 13.3. The van der Waals surface area contributed by atoms with Gasteiger partial charge >= 0.3 is 0 Å². The van der Waals surface area contributed by atoms with Crippen LogP contribution < -0.4 is 10.6 Å². The van der Waals surface area contributed by atoms with Crippen molar-refractivity contribution in [2.24, 2.45) is 0 Å². The first-order valence-electron chi connectivity index (χ1n) is 9.08. The number of hydrogen-bond acceptors (Lipinski definition) is 5. The van der Waals surface area contributed by atoms with E-state index in [1.807, 2.05) is 18.2 Å². The molecule has 2 heterocycles. The summed E-state index contributed by atoms with van der Waals surface area (Å²) in [6.07, 6.45) is 2.14. The molecule has 0 amide bonds. The maximum Gasteiger partial charge on any atom is 0.206 e. The molecule has 0 bridgehead atoms. The molecule has 7 heteroatoms. The van der Waals surface area contributed by atoms with E-state index in [2.05, 4.69) is 4.90 Å². The molecule has 0 spiro atoms. The van der Waals surface area contributed by atoms with Crippen molar-refractivity contribution in [1.82, 2.24) is 4.98 Å². The van der Waals surface area contributed by atoms with Crippen LogP contribution in [0.1, 0.15) is 12.8 Å². The molecule has 0 radical (unpaired) electrons. The summed E-state index contributed by atoms with van der Waals surface area (Å²) in [7, 11) is -3.72. The lowest BCUT2D eigenvalue weighted by Gasteiger charge is -2.19. The zero-order chi connectivity index (χ0) is 19.7. The van der Waals surface area contributed by atoms with Crippen LogP contribution in [0.4, 0.5) is 11.5 Å². The third-order valence-corrected chi connectivity index (χ3v) is 6.94. The zero-order valence-electron chi connectivity index (χ0n) is 15.2. The zero-order valence-corrected chi connectivity index (χ0v) is 16.7. The van der Waals surface area contributed by atoms with E-state index in [0.717, 1.165) is 25.9 Å². The summed E-state index contributed by atoms with van der Waals surface area (Å²) in [5, 5.41) is 0.532. The van der Waals surface area contributed by atoms with E-state index in [1.54, 1.807) is 30.3 Å². The van der Waals surface area contributed by atoms with Crippen LogP contribution in [-0.4, -0.2) is 26.5 Å². The van der Waals surface area contributed by atoms with Gasteiger partial charge in [-0.25, -0.2) is 13.4 Å². The van der Waals surface area contributed by atoms with Gasteiger partial charge in [-0.05, 0) is 55.3 Å². The highest BCUT2D eigenvalue weighted by Gasteiger charge is 2.23. The molecule has 1 saturated heterocycles. The maximum absolute atomic E-state index is 13.3. The Hall–Kier alpha value is -2.57. The van der Waals surface area contributed by atoms with Crippen molar-refractivity contribution >= 4 is 32.9 Å². The second kappa shape index (κ2) is 7.45. The number of halogens is 1. The summed E-state index contributed by atoms with van der Waals surface area (Å²) >= 11 is 6.35. The van der Waals surface area contributed by atoms with Crippen LogP contribution in [0.3, 0.4) is 0 Å². The minimum Gasteiger partial charge on any atom is -0.399 e. The van der Waals surface area contributed by atoms with Gasteiger partial charge in [-0.1, -0.05) is 29.8 Å². The summed E-state index contributed by atoms with van der Waals surface area (Å²) in [5.74, 6) is 0.656. The second-order valence-corrected chi connectivity index (χ2v) is 9.15. The predicted molar refractivity (Wildman–Crippen MR) is 112 cm³/mol. The van der Waals surface area contributed by atoms with E-state index in [4.69, 9.17) is 22.3 Å². The quantitative estimate of drug-likeness (QED) is 0.641. The van der Waals surface area contributed by atoms with Crippen LogP contribution in [0, 0.1) is 0 Å². The fourth-order valence-electron chi connectivity index (χ4n) is 3.34. The Morgan fingerprint density at radius 2 is 1.61 bits per heavy atom. The van der Waals surface area contributed by atoms with Crippen LogP contribution in [0.15, 0.2) is 70.5 Å². The predicted octanol–water partition coefficient (Wildman–Crippen LogP) is 4.42. The summed E-state index contributed by atoms with van der Waals surface area (Å²) < 4.78 is 26.5. The summed E-state index contributed by atoms with van der Waals surface area (Å²) in [6.45, 7) is 1.72. The van der Waals surface area contributed by atoms with Gasteiger partial charge in [-0.15, -0.1) is 0 Å². The summed E-state index contributed by atoms with van der Waals surface area (Å²) in [6, 6.07) is 16.8. The van der Waals surface area contributed by atoms with E-state index >= 15 is 0 Å². The number of anilines is 2. The number of pyridine rings is 1. The Morgan fingerprint density at radius 3 is 2.29 bits per heavy atom. The largest absolute Gasteiger partial charge is 0.399 e. The number of nitrogen functional groups attached to an aromatic ring is 1. The topological polar surface area (TPSA) is 76.3 Å². The lowest BCUT2D eigenvalue weighted by atomic mass is 10.1. The second-order valence-electron chi connectivity index (χ2n) is 6.79. The van der Waals surface area contributed by atoms with Gasteiger partial charge in [0.25, 0.3) is 0 Å². The molecule has 2 aromatic carbocycles. The Kier molecular flexibility index (Phi) is 5.00. The van der Waals surface area contributed by atoms with Gasteiger partial charge in [-0.2, -0.15) is 0 Å². The van der Waals surface area contributed by atoms with Crippen LogP contribution in [0.5, 0.6) is 0 Å². The molecule has 1 aromatic heterocycles. The third kappa shape index (κ3) is 3.57. The van der Waals surface area contributed by atoms with Crippen LogP contribution in [-0.2, 0) is 9.84 Å². The van der Waals surface area contributed by atoms with E-state index in [1.165, 1.54) is 12.1 Å². The fourth-order valence-corrected chi connectivity index (χ4v) is 4.87. The monoisotopic (exact) mass is 413 g/mol. The molecule has 1 fully saturated rings. The molecule has 28 heavy (non-hydrogen) atoms. The molecule has 1 aliphatic rings. The van der Waals surface area contributed by atoms with Gasteiger partial charge in [0.1, 0.15) is 5.82 Å². The average Bonchev–Trinajstić information content (AvgIpc) is 3.23. The van der Waals surface area contributed by atoms with E-state index < -0.39 is 9.84 Å². The minimum atomic E-state index is -3.72. The Balaban J connectivity index is 1.89. The first-order valence-corrected chi connectivity index (χ1v) is 10.9. The van der Waals surface area contributed by atoms with Crippen molar-refractivity contribution in [3.05, 3.63) is 65.7 Å². The summed E-state index contributed by atoms with van der Waals surface area (Å²) in [5.41, 5.74) is 7.48. The van der Waals surface area contributed by atoms with Gasteiger partial charge in [0.2, 0.25) is 9.84 Å². The van der Waals surface area contributed by atoms with Crippen molar-refractivity contribution in [3.8, 4) is 11.3 Å². The number of rotatable bonds is 4. The number of sulfone groups is 1. The number of hydrogen-bond donors (Lipinski definition) is 1. The van der Waals surface area contributed by atoms with E-state index in [0.29, 0.717) is 27.8 Å². The van der Waals surface area contributed by atoms with Crippen molar-refractivity contribution in [1.29, 1.82) is 0 Å². The van der Waals surface area contributed by atoms with Gasteiger partial charge in [0.15, 0.2) is 0 Å². The van der Waals surface area contributed by atoms with Gasteiger partial charge in [-0.3, -0.25) is 0 Å². The summed E-state index contributed by atoms with van der Waals surface area (Å²) in [4.78, 5) is 7.24. The molecule has 0 saturated carbocycles. The highest BCUT2D eigenvalue weighted by Crippen LogP contribution is 2.33. The Labute approximate surface area is 169 Å². The molecule has 5 nitrogen and oxygen atoms in total. The molecular weight excluding hydrogens is 394 g/mol. The highest BCUT2D eigenvalue weighted by atomic mass is 35.5. The van der Waals surface area contributed by atoms with Crippen LogP contribution in [0.25, 0.3) is 11.3 Å². The number of nitrogens with zero attached hydrogens (tertiary/aromatic N) is 2. The average molecular weight is 414 g/mol. The molecule has 3 aromatic rings. The standard InChI is InChI=1S/C21H20ClN3O2S/c22-19-6-2-1-5-18(19)20-13-17(14-21(24-20)25-11-3-4-12-25)28(26,27)16-9-7-15(23)8-10-16/h1-2,5-10,13-14H,3-4,11-12,23H2. The van der Waals surface area contributed by atoms with E-state index in [-0.39, 0.29) is 9.79 Å². The van der Waals surface area contributed by atoms with Crippen molar-refractivity contribution in [2.45, 2.75) is 22.6 Å². The smallest absolute Gasteiger partial charge is 0.206 e. The first-order chi connectivity index (χ1) is 13.4. The number of nitrogens with two attached hydrogens (primary N) is 1. The molecule has 0 aliphatic carbocycles. The first kappa shape index (κ1) is 18.8. The van der Waals surface area contributed by atoms with Crippen molar-refractivity contribution in [3.63, 3.8) is 0 Å². The van der Waals surface area contributed by atoms with Crippen molar-refractivity contribution < 1.29 is 8.42 Å². The Morgan fingerprint density at radius 1 is 0.929 bits per heavy atom. The molecule has 2 N–H and O–H groups in total. The van der Waals surface area contributed by atoms with Gasteiger partial charge in [0.05, 0.1) is 15.5 Å². The normalized spacial score (nSPS) is 14.4. The van der Waals surface area contributed by atoms with Gasteiger partial charge < -0.3 is 10.6 Å². The van der Waals surface area contributed by atoms with E-state index in [9.17, 15) is 8.42 Å².